The Morgan fingerprint density at radius 3 is 2.04 bits per heavy atom. The van der Waals surface area contributed by atoms with E-state index in [-0.39, 0.29) is 31.0 Å². The van der Waals surface area contributed by atoms with E-state index in [0.29, 0.717) is 40.8 Å². The Morgan fingerprint density at radius 1 is 0.757 bits per heavy atom. The molecule has 74 heavy (non-hydrogen) atoms. The maximum Gasteiger partial charge on any atom is 0.329 e. The number of ether oxygens (including phenoxy) is 2. The van der Waals surface area contributed by atoms with Gasteiger partial charge in [0.25, 0.3) is 0 Å². The Bertz CT molecular complexity index is 3050. The number of imide groups is 1. The van der Waals surface area contributed by atoms with Crippen molar-refractivity contribution in [3.8, 4) is 17.6 Å². The Morgan fingerprint density at radius 2 is 1.38 bits per heavy atom. The molecule has 0 aromatic heterocycles. The molecular formula is C61H60N4O9. The van der Waals surface area contributed by atoms with Gasteiger partial charge in [-0.1, -0.05) is 158 Å². The number of carbonyl (C=O) groups is 4. The summed E-state index contributed by atoms with van der Waals surface area (Å²) in [5.41, 5.74) is 0.653. The number of amides is 4. The third kappa shape index (κ3) is 9.46. The highest BCUT2D eigenvalue weighted by Gasteiger charge is 2.75. The van der Waals surface area contributed by atoms with E-state index in [1.807, 2.05) is 115 Å². The zero-order valence-corrected chi connectivity index (χ0v) is 41.2. The predicted octanol–water partition coefficient (Wildman–Crippen LogP) is 8.48. The quantitative estimate of drug-likeness (QED) is 0.0454. The number of urea groups is 1. The number of rotatable bonds is 12. The second-order valence-corrected chi connectivity index (χ2v) is 19.7. The van der Waals surface area contributed by atoms with Crippen molar-refractivity contribution in [1.82, 2.24) is 15.5 Å². The molecule has 4 amide bonds. The molecular weight excluding hydrogens is 933 g/mol. The first-order chi connectivity index (χ1) is 36.0. The van der Waals surface area contributed by atoms with E-state index < -0.39 is 77.1 Å². The Labute approximate surface area is 431 Å². The maximum absolute atomic E-state index is 16.8. The van der Waals surface area contributed by atoms with Gasteiger partial charge in [0, 0.05) is 12.1 Å². The third-order valence-electron chi connectivity index (χ3n) is 15.1. The Kier molecular flexibility index (Phi) is 14.5. The molecule has 3 heterocycles. The molecule has 0 radical (unpaired) electrons. The van der Waals surface area contributed by atoms with Crippen LogP contribution < -0.4 is 20.3 Å². The maximum atomic E-state index is 16.8. The van der Waals surface area contributed by atoms with E-state index in [0.717, 1.165) is 41.7 Å². The van der Waals surface area contributed by atoms with Crippen molar-refractivity contribution in [3.63, 3.8) is 0 Å². The van der Waals surface area contributed by atoms with Crippen LogP contribution in [0.5, 0.6) is 5.75 Å². The lowest BCUT2D eigenvalue weighted by molar-refractivity contribution is -0.178. The fourth-order valence-electron chi connectivity index (χ4n) is 11.7. The van der Waals surface area contributed by atoms with Crippen LogP contribution in [0.1, 0.15) is 115 Å². The molecule has 8 atom stereocenters. The fourth-order valence-corrected chi connectivity index (χ4v) is 11.7. The fraction of sp³-hybridized carbons (Fsp3) is 0.311. The molecule has 13 nitrogen and oxygen atoms in total. The summed E-state index contributed by atoms with van der Waals surface area (Å²) >= 11 is 0. The van der Waals surface area contributed by atoms with Crippen molar-refractivity contribution in [2.45, 2.75) is 92.8 Å². The van der Waals surface area contributed by atoms with E-state index in [1.165, 1.54) is 0 Å². The minimum absolute atomic E-state index is 0.0425. The number of fused-ring (bicyclic) bond motifs is 3. The third-order valence-corrected chi connectivity index (χ3v) is 15.1. The van der Waals surface area contributed by atoms with Gasteiger partial charge in [-0.05, 0) is 96.3 Å². The number of esters is 1. The zero-order chi connectivity index (χ0) is 51.4. The van der Waals surface area contributed by atoms with Gasteiger partial charge in [0.15, 0.2) is 0 Å². The molecule has 3 aliphatic heterocycles. The topological polar surface area (TPSA) is 178 Å². The number of morpholine rings is 1. The summed E-state index contributed by atoms with van der Waals surface area (Å²) in [6.07, 6.45) is 2.47. The summed E-state index contributed by atoms with van der Waals surface area (Å²) in [7, 11) is 0. The number of hydrogen-bond acceptors (Lipinski definition) is 10. The van der Waals surface area contributed by atoms with Crippen LogP contribution in [0.3, 0.4) is 0 Å². The monoisotopic (exact) mass is 992 g/mol. The number of hydrogen-bond donors (Lipinski definition) is 5. The minimum atomic E-state index is -2.13. The summed E-state index contributed by atoms with van der Waals surface area (Å²) < 4.78 is 12.7. The van der Waals surface area contributed by atoms with Crippen LogP contribution >= 0.6 is 0 Å². The van der Waals surface area contributed by atoms with Gasteiger partial charge in [0.05, 0.1) is 42.4 Å². The number of carbonyl (C=O) groups excluding carboxylic acids is 4. The smallest absolute Gasteiger partial charge is 0.329 e. The number of nitrogens with zero attached hydrogens (tertiary/aromatic N) is 2. The van der Waals surface area contributed by atoms with Crippen LogP contribution in [0, 0.1) is 17.8 Å². The molecule has 10 rings (SSSR count). The molecule has 5 N–H and O–H groups in total. The van der Waals surface area contributed by atoms with E-state index in [1.54, 1.807) is 60.7 Å². The standard InChI is InChI=1S/C61H60N4O9/c1-40(42-19-8-4-9-20-42)63-59(71)64-49-30-29-41(31-34-60(72)32-16-2-3-17-33-60)37-48(49)61(58(64)70)51(56(68)62-39-50(67)43-21-10-5-11-22-43)53-57(69)74-54(45-25-14-7-15-26-45)52(44-23-12-6-13-24-44)65(53)55(61)46-27-18-28-47(38-46)73-36-35-66/h4-15,18-30,37-38,40,50-55,66-67,72H,2-3,16-17,32-33,35-36,39H2,1H3,(H,62,68)(H,63,71)/t40-,50+,51+,52+,53+,54-,55-,61+/m1/s1. The summed E-state index contributed by atoms with van der Waals surface area (Å²) in [6, 6.07) is 44.2. The molecule has 1 saturated carbocycles. The highest BCUT2D eigenvalue weighted by atomic mass is 16.6. The number of aliphatic hydroxyl groups is 3. The van der Waals surface area contributed by atoms with Gasteiger partial charge >= 0.3 is 12.0 Å². The highest BCUT2D eigenvalue weighted by molar-refractivity contribution is 6.24. The molecule has 2 saturated heterocycles. The molecule has 4 aliphatic rings. The molecule has 3 fully saturated rings. The SMILES string of the molecule is C[C@@H](NC(=O)N1C(=O)[C@@]2(c3cc(C#CC4(O)CCCCCC4)ccc31)[C@H](C(=O)NC[C@H](O)c1ccccc1)[C@H]1C(=O)O[C@H](c3ccccc3)[C@H](c3ccccc3)N1[C@@H]2c1cccc(OCCO)c1)c1ccccc1. The van der Waals surface area contributed by atoms with Gasteiger partial charge in [-0.25, -0.2) is 9.69 Å². The van der Waals surface area contributed by atoms with Crippen molar-refractivity contribution in [3.05, 3.63) is 203 Å². The molecule has 1 spiro atoms. The van der Waals surface area contributed by atoms with Crippen molar-refractivity contribution in [2.24, 2.45) is 5.92 Å². The minimum Gasteiger partial charge on any atom is -0.491 e. The van der Waals surface area contributed by atoms with Crippen molar-refractivity contribution in [1.29, 1.82) is 0 Å². The van der Waals surface area contributed by atoms with Crippen molar-refractivity contribution >= 4 is 29.5 Å². The number of nitrogens with one attached hydrogen (secondary N) is 2. The lowest BCUT2D eigenvalue weighted by Crippen LogP contribution is -2.56. The lowest BCUT2D eigenvalue weighted by Gasteiger charge is -2.46. The average Bonchev–Trinajstić information content (AvgIpc) is 3.78. The van der Waals surface area contributed by atoms with Crippen LogP contribution in [-0.4, -0.2) is 75.4 Å². The molecule has 0 unspecified atom stereocenters. The van der Waals surface area contributed by atoms with Gasteiger partial charge in [-0.3, -0.25) is 19.3 Å². The summed E-state index contributed by atoms with van der Waals surface area (Å²) in [6.45, 7) is 1.21. The Hall–Kier alpha value is -7.60. The van der Waals surface area contributed by atoms with Gasteiger partial charge < -0.3 is 35.4 Å². The number of aliphatic hydroxyl groups excluding tert-OH is 2. The average molecular weight is 993 g/mol. The van der Waals surface area contributed by atoms with Crippen LogP contribution in [0.25, 0.3) is 0 Å². The Balaban J connectivity index is 1.25. The molecule has 378 valence electrons. The largest absolute Gasteiger partial charge is 0.491 e. The van der Waals surface area contributed by atoms with Crippen molar-refractivity contribution < 1.29 is 44.0 Å². The first-order valence-corrected chi connectivity index (χ1v) is 25.5. The molecule has 1 aliphatic carbocycles. The van der Waals surface area contributed by atoms with E-state index in [4.69, 9.17) is 9.47 Å². The van der Waals surface area contributed by atoms with Gasteiger partial charge in [-0.2, -0.15) is 0 Å². The first-order valence-electron chi connectivity index (χ1n) is 25.5. The van der Waals surface area contributed by atoms with Crippen LogP contribution in [0.4, 0.5) is 10.5 Å². The summed E-state index contributed by atoms with van der Waals surface area (Å²) in [4.78, 5) is 66.6. The lowest BCUT2D eigenvalue weighted by atomic mass is 9.65. The zero-order valence-electron chi connectivity index (χ0n) is 41.2. The molecule has 13 heteroatoms. The summed E-state index contributed by atoms with van der Waals surface area (Å²) in [5.74, 6) is 2.85. The van der Waals surface area contributed by atoms with Crippen molar-refractivity contribution in [2.75, 3.05) is 24.7 Å². The van der Waals surface area contributed by atoms with E-state index in [2.05, 4.69) is 22.5 Å². The highest BCUT2D eigenvalue weighted by Crippen LogP contribution is 2.66. The second kappa shape index (κ2) is 21.5. The number of benzene rings is 6. The van der Waals surface area contributed by atoms with Gasteiger partial charge in [-0.15, -0.1) is 0 Å². The molecule has 6 aromatic rings. The van der Waals surface area contributed by atoms with Crippen LogP contribution in [0.2, 0.25) is 0 Å². The van der Waals surface area contributed by atoms with Crippen LogP contribution in [-0.2, 0) is 24.5 Å². The van der Waals surface area contributed by atoms with E-state index >= 15 is 19.2 Å². The first kappa shape index (κ1) is 50.0. The van der Waals surface area contributed by atoms with Crippen LogP contribution in [0.15, 0.2) is 164 Å². The normalized spacial score (nSPS) is 23.8. The summed E-state index contributed by atoms with van der Waals surface area (Å²) in [5, 5.41) is 39.3. The predicted molar refractivity (Wildman–Crippen MR) is 278 cm³/mol. The van der Waals surface area contributed by atoms with Gasteiger partial charge in [0.1, 0.15) is 35.5 Å². The van der Waals surface area contributed by atoms with E-state index in [9.17, 15) is 15.3 Å². The second-order valence-electron chi connectivity index (χ2n) is 19.7. The van der Waals surface area contributed by atoms with Gasteiger partial charge in [0.2, 0.25) is 11.8 Å². The number of cyclic esters (lactones) is 1. The molecule has 6 aromatic carbocycles. The number of anilines is 1. The molecule has 0 bridgehead atoms.